The Morgan fingerprint density at radius 2 is 2.31 bits per heavy atom. The standard InChI is InChI=1S/C12H13N3O/c13-6-9-3-1-2-4-10(9)7-14-11-5-12(16)15-8-11/h1-4,11,14H,5,7-8H2,(H,15,16). The average Bonchev–Trinajstić information content (AvgIpc) is 2.73. The number of carbonyl (C=O) groups is 1. The Bertz CT molecular complexity index is 436. The second kappa shape index (κ2) is 4.77. The second-order valence-electron chi connectivity index (χ2n) is 3.85. The lowest BCUT2D eigenvalue weighted by atomic mass is 10.1. The topological polar surface area (TPSA) is 64.9 Å². The Kier molecular flexibility index (Phi) is 3.18. The Balaban J connectivity index is 1.95. The van der Waals surface area contributed by atoms with E-state index in [1.54, 1.807) is 6.07 Å². The van der Waals surface area contributed by atoms with Crippen molar-refractivity contribution in [1.82, 2.24) is 10.6 Å². The molecule has 4 nitrogen and oxygen atoms in total. The molecule has 0 saturated carbocycles. The molecule has 1 aliphatic rings. The van der Waals surface area contributed by atoms with Gasteiger partial charge < -0.3 is 10.6 Å². The molecule has 0 aliphatic carbocycles. The predicted molar refractivity (Wildman–Crippen MR) is 59.4 cm³/mol. The van der Waals surface area contributed by atoms with Gasteiger partial charge in [-0.05, 0) is 11.6 Å². The molecule has 2 N–H and O–H groups in total. The Morgan fingerprint density at radius 1 is 1.50 bits per heavy atom. The van der Waals surface area contributed by atoms with Gasteiger partial charge in [-0.15, -0.1) is 0 Å². The molecular weight excluding hydrogens is 202 g/mol. The highest BCUT2D eigenvalue weighted by molar-refractivity contribution is 5.78. The number of hydrogen-bond donors (Lipinski definition) is 2. The first-order chi connectivity index (χ1) is 7.79. The molecule has 1 unspecified atom stereocenters. The summed E-state index contributed by atoms with van der Waals surface area (Å²) in [7, 11) is 0. The lowest BCUT2D eigenvalue weighted by molar-refractivity contribution is -0.119. The van der Waals surface area contributed by atoms with Crippen LogP contribution in [0, 0.1) is 11.3 Å². The molecule has 4 heteroatoms. The van der Waals surface area contributed by atoms with Gasteiger partial charge in [0.2, 0.25) is 5.91 Å². The molecule has 1 heterocycles. The summed E-state index contributed by atoms with van der Waals surface area (Å²) >= 11 is 0. The van der Waals surface area contributed by atoms with Crippen molar-refractivity contribution in [1.29, 1.82) is 5.26 Å². The van der Waals surface area contributed by atoms with Gasteiger partial charge in [-0.1, -0.05) is 18.2 Å². The monoisotopic (exact) mass is 215 g/mol. The summed E-state index contributed by atoms with van der Waals surface area (Å²) < 4.78 is 0. The average molecular weight is 215 g/mol. The van der Waals surface area contributed by atoms with Gasteiger partial charge in [0.05, 0.1) is 11.6 Å². The summed E-state index contributed by atoms with van der Waals surface area (Å²) in [5.41, 5.74) is 1.66. The minimum Gasteiger partial charge on any atom is -0.354 e. The first kappa shape index (κ1) is 10.7. The maximum atomic E-state index is 11.0. The third-order valence-electron chi connectivity index (χ3n) is 2.70. The van der Waals surface area contributed by atoms with E-state index in [0.29, 0.717) is 25.1 Å². The Morgan fingerprint density at radius 3 is 3.00 bits per heavy atom. The van der Waals surface area contributed by atoms with E-state index in [1.807, 2.05) is 18.2 Å². The zero-order valence-corrected chi connectivity index (χ0v) is 8.86. The normalized spacial score (nSPS) is 19.2. The lowest BCUT2D eigenvalue weighted by Crippen LogP contribution is -2.30. The fraction of sp³-hybridized carbons (Fsp3) is 0.333. The molecule has 1 atom stereocenters. The minimum absolute atomic E-state index is 0.0890. The smallest absolute Gasteiger partial charge is 0.221 e. The number of rotatable bonds is 3. The third kappa shape index (κ3) is 2.38. The predicted octanol–water partition coefficient (Wildman–Crippen LogP) is 0.536. The molecule has 0 spiro atoms. The molecule has 0 aromatic heterocycles. The van der Waals surface area contributed by atoms with Gasteiger partial charge in [0.15, 0.2) is 0 Å². The maximum Gasteiger partial charge on any atom is 0.221 e. The summed E-state index contributed by atoms with van der Waals surface area (Å²) in [5, 5.41) is 14.9. The fourth-order valence-electron chi connectivity index (χ4n) is 1.79. The lowest BCUT2D eigenvalue weighted by Gasteiger charge is -2.10. The van der Waals surface area contributed by atoms with Gasteiger partial charge in [-0.3, -0.25) is 4.79 Å². The van der Waals surface area contributed by atoms with Crippen LogP contribution in [0.15, 0.2) is 24.3 Å². The van der Waals surface area contributed by atoms with Crippen LogP contribution >= 0.6 is 0 Å². The molecule has 0 bridgehead atoms. The SMILES string of the molecule is N#Cc1ccccc1CNC1CNC(=O)C1. The van der Waals surface area contributed by atoms with E-state index in [1.165, 1.54) is 0 Å². The molecule has 82 valence electrons. The number of benzene rings is 1. The number of nitrogens with zero attached hydrogens (tertiary/aromatic N) is 1. The van der Waals surface area contributed by atoms with Gasteiger partial charge in [0.25, 0.3) is 0 Å². The minimum atomic E-state index is 0.0890. The fourth-order valence-corrected chi connectivity index (χ4v) is 1.79. The summed E-state index contributed by atoms with van der Waals surface area (Å²) in [5.74, 6) is 0.0890. The van der Waals surface area contributed by atoms with Crippen LogP contribution in [0.3, 0.4) is 0 Å². The van der Waals surface area contributed by atoms with Gasteiger partial charge >= 0.3 is 0 Å². The first-order valence-corrected chi connectivity index (χ1v) is 5.27. The maximum absolute atomic E-state index is 11.0. The van der Waals surface area contributed by atoms with Crippen molar-refractivity contribution in [2.24, 2.45) is 0 Å². The van der Waals surface area contributed by atoms with Crippen LogP contribution in [-0.4, -0.2) is 18.5 Å². The zero-order chi connectivity index (χ0) is 11.4. The van der Waals surface area contributed by atoms with Crippen molar-refractivity contribution in [2.45, 2.75) is 19.0 Å². The zero-order valence-electron chi connectivity index (χ0n) is 8.86. The highest BCUT2D eigenvalue weighted by atomic mass is 16.1. The summed E-state index contributed by atoms with van der Waals surface area (Å²) in [6.07, 6.45) is 0.523. The summed E-state index contributed by atoms with van der Waals surface area (Å²) in [4.78, 5) is 11.0. The van der Waals surface area contributed by atoms with Crippen molar-refractivity contribution < 1.29 is 4.79 Å². The molecule has 1 fully saturated rings. The highest BCUT2D eigenvalue weighted by Gasteiger charge is 2.20. The number of nitrogens with one attached hydrogen (secondary N) is 2. The van der Waals surface area contributed by atoms with E-state index in [-0.39, 0.29) is 11.9 Å². The van der Waals surface area contributed by atoms with Gasteiger partial charge in [-0.25, -0.2) is 0 Å². The molecule has 2 rings (SSSR count). The van der Waals surface area contributed by atoms with Crippen LogP contribution in [0.25, 0.3) is 0 Å². The molecule has 1 amide bonds. The van der Waals surface area contributed by atoms with Crippen molar-refractivity contribution in [3.05, 3.63) is 35.4 Å². The van der Waals surface area contributed by atoms with Crippen molar-refractivity contribution in [2.75, 3.05) is 6.54 Å². The first-order valence-electron chi connectivity index (χ1n) is 5.27. The van der Waals surface area contributed by atoms with Crippen LogP contribution in [0.1, 0.15) is 17.5 Å². The van der Waals surface area contributed by atoms with E-state index in [4.69, 9.17) is 5.26 Å². The molecule has 0 radical (unpaired) electrons. The molecule has 1 aromatic rings. The largest absolute Gasteiger partial charge is 0.354 e. The van der Waals surface area contributed by atoms with E-state index in [9.17, 15) is 4.79 Å². The van der Waals surface area contributed by atoms with Crippen LogP contribution in [0.5, 0.6) is 0 Å². The van der Waals surface area contributed by atoms with Crippen LogP contribution in [0.4, 0.5) is 0 Å². The van der Waals surface area contributed by atoms with Crippen LogP contribution in [0.2, 0.25) is 0 Å². The van der Waals surface area contributed by atoms with Crippen molar-refractivity contribution in [3.8, 4) is 6.07 Å². The summed E-state index contributed by atoms with van der Waals surface area (Å²) in [6, 6.07) is 9.83. The third-order valence-corrected chi connectivity index (χ3v) is 2.70. The molecule has 1 aromatic carbocycles. The highest BCUT2D eigenvalue weighted by Crippen LogP contribution is 2.08. The van der Waals surface area contributed by atoms with Crippen molar-refractivity contribution >= 4 is 5.91 Å². The van der Waals surface area contributed by atoms with E-state index in [2.05, 4.69) is 16.7 Å². The molecule has 16 heavy (non-hydrogen) atoms. The molecule has 1 aliphatic heterocycles. The van der Waals surface area contributed by atoms with Gasteiger partial charge in [0, 0.05) is 25.6 Å². The van der Waals surface area contributed by atoms with E-state index >= 15 is 0 Å². The number of nitriles is 1. The Hall–Kier alpha value is -1.86. The van der Waals surface area contributed by atoms with Gasteiger partial charge in [0.1, 0.15) is 0 Å². The number of carbonyl (C=O) groups excluding carboxylic acids is 1. The van der Waals surface area contributed by atoms with E-state index in [0.717, 1.165) is 5.56 Å². The second-order valence-corrected chi connectivity index (χ2v) is 3.85. The number of amides is 1. The quantitative estimate of drug-likeness (QED) is 0.773. The van der Waals surface area contributed by atoms with Crippen molar-refractivity contribution in [3.63, 3.8) is 0 Å². The van der Waals surface area contributed by atoms with E-state index < -0.39 is 0 Å². The van der Waals surface area contributed by atoms with Crippen LogP contribution in [-0.2, 0) is 11.3 Å². The Labute approximate surface area is 94.3 Å². The van der Waals surface area contributed by atoms with Gasteiger partial charge in [-0.2, -0.15) is 5.26 Å². The molecule has 1 saturated heterocycles. The van der Waals surface area contributed by atoms with Crippen LogP contribution < -0.4 is 10.6 Å². The number of hydrogen-bond acceptors (Lipinski definition) is 3. The summed E-state index contributed by atoms with van der Waals surface area (Å²) in [6.45, 7) is 1.30. The molecular formula is C12H13N3O.